The second kappa shape index (κ2) is 5.96. The van der Waals surface area contributed by atoms with Crippen molar-refractivity contribution in [2.45, 2.75) is 9.79 Å². The number of azo groups is 1. The lowest BCUT2D eigenvalue weighted by Gasteiger charge is -2.09. The van der Waals surface area contributed by atoms with Gasteiger partial charge in [-0.05, 0) is 12.1 Å². The van der Waals surface area contributed by atoms with Crippen LogP contribution in [0.4, 0.5) is 11.6 Å². The molecule has 0 aliphatic heterocycles. The summed E-state index contributed by atoms with van der Waals surface area (Å²) in [6.07, 6.45) is 1.16. The lowest BCUT2D eigenvalue weighted by atomic mass is 10.1. The summed E-state index contributed by atoms with van der Waals surface area (Å²) in [5, 5.41) is 13.0. The van der Waals surface area contributed by atoms with Crippen molar-refractivity contribution in [3.8, 4) is 0 Å². The van der Waals surface area contributed by atoms with Crippen LogP contribution in [0, 0.1) is 0 Å². The monoisotopic (exact) mass is 383 g/mol. The van der Waals surface area contributed by atoms with E-state index in [2.05, 4.69) is 25.4 Å². The van der Waals surface area contributed by atoms with E-state index in [4.69, 9.17) is 0 Å². The Kier molecular flexibility index (Phi) is 4.08. The maximum Gasteiger partial charge on any atom is 0.297 e. The second-order valence-electron chi connectivity index (χ2n) is 4.72. The van der Waals surface area contributed by atoms with Gasteiger partial charge in [-0.25, -0.2) is 5.10 Å². The molecule has 13 heteroatoms. The van der Waals surface area contributed by atoms with Crippen molar-refractivity contribution in [1.82, 2.24) is 15.2 Å². The van der Waals surface area contributed by atoms with E-state index < -0.39 is 30.0 Å². The summed E-state index contributed by atoms with van der Waals surface area (Å²) in [6.45, 7) is 0. The molecule has 3 N–H and O–H groups in total. The van der Waals surface area contributed by atoms with Gasteiger partial charge in [0, 0.05) is 10.8 Å². The van der Waals surface area contributed by atoms with Crippen LogP contribution >= 0.6 is 0 Å². The lowest BCUT2D eigenvalue weighted by Crippen LogP contribution is -2.03. The maximum atomic E-state index is 11.8. The van der Waals surface area contributed by atoms with E-state index in [0.29, 0.717) is 0 Å². The van der Waals surface area contributed by atoms with Gasteiger partial charge >= 0.3 is 0 Å². The van der Waals surface area contributed by atoms with Crippen molar-refractivity contribution in [2.75, 3.05) is 0 Å². The highest BCUT2D eigenvalue weighted by Gasteiger charge is 2.23. The molecule has 3 rings (SSSR count). The summed E-state index contributed by atoms with van der Waals surface area (Å²) in [7, 11) is -9.40. The van der Waals surface area contributed by atoms with Crippen LogP contribution in [0.25, 0.3) is 10.8 Å². The molecule has 0 aliphatic rings. The van der Waals surface area contributed by atoms with Gasteiger partial charge in [-0.3, -0.25) is 9.11 Å². The molecule has 0 saturated heterocycles. The maximum absolute atomic E-state index is 11.8. The molecule has 1 aromatic heterocycles. The summed E-state index contributed by atoms with van der Waals surface area (Å²) in [4.78, 5) is 2.52. The quantitative estimate of drug-likeness (QED) is 0.452. The molecule has 2 aromatic carbocycles. The summed E-state index contributed by atoms with van der Waals surface area (Å²) in [5.74, 6) is -0.00642. The van der Waals surface area contributed by atoms with Crippen molar-refractivity contribution in [3.05, 3.63) is 36.7 Å². The fourth-order valence-corrected chi connectivity index (χ4v) is 3.75. The number of nitrogens with zero attached hydrogens (tertiary/aromatic N) is 4. The van der Waals surface area contributed by atoms with E-state index >= 15 is 0 Å². The molecule has 0 aliphatic carbocycles. The Morgan fingerprint density at radius 3 is 2.28 bits per heavy atom. The molecule has 1 heterocycles. The summed E-state index contributed by atoms with van der Waals surface area (Å²) < 4.78 is 65.3. The molecule has 130 valence electrons. The van der Waals surface area contributed by atoms with E-state index in [-0.39, 0.29) is 22.4 Å². The van der Waals surface area contributed by atoms with E-state index in [1.807, 2.05) is 0 Å². The van der Waals surface area contributed by atoms with Gasteiger partial charge in [0.15, 0.2) is 0 Å². The number of aromatic nitrogens is 3. The van der Waals surface area contributed by atoms with E-state index in [9.17, 15) is 25.9 Å². The number of fused-ring (bicyclic) bond motifs is 1. The highest BCUT2D eigenvalue weighted by Crippen LogP contribution is 2.35. The Morgan fingerprint density at radius 1 is 0.920 bits per heavy atom. The molecule has 0 fully saturated rings. The first-order chi connectivity index (χ1) is 11.7. The van der Waals surface area contributed by atoms with Crippen molar-refractivity contribution in [2.24, 2.45) is 10.2 Å². The number of hydrogen-bond donors (Lipinski definition) is 3. The van der Waals surface area contributed by atoms with Crippen molar-refractivity contribution in [3.63, 3.8) is 0 Å². The summed E-state index contributed by atoms with van der Waals surface area (Å²) in [5.41, 5.74) is -0.251. The van der Waals surface area contributed by atoms with Gasteiger partial charge in [-0.15, -0.1) is 10.2 Å². The third-order valence-electron chi connectivity index (χ3n) is 3.14. The number of hydrogen-bond acceptors (Lipinski definition) is 8. The smallest absolute Gasteiger partial charge is 0.282 e. The molecule has 0 radical (unpaired) electrons. The predicted octanol–water partition coefficient (Wildman–Crippen LogP) is 1.87. The largest absolute Gasteiger partial charge is 0.297 e. The molecule has 11 nitrogen and oxygen atoms in total. The lowest BCUT2D eigenvalue weighted by molar-refractivity contribution is 0.481. The first kappa shape index (κ1) is 17.1. The van der Waals surface area contributed by atoms with Gasteiger partial charge in [0.25, 0.3) is 26.2 Å². The van der Waals surface area contributed by atoms with E-state index in [1.54, 1.807) is 0 Å². The predicted molar refractivity (Wildman–Crippen MR) is 84.1 cm³/mol. The van der Waals surface area contributed by atoms with Crippen LogP contribution in [-0.2, 0) is 20.2 Å². The highest BCUT2D eigenvalue weighted by molar-refractivity contribution is 7.86. The number of rotatable bonds is 4. The highest BCUT2D eigenvalue weighted by atomic mass is 32.2. The number of H-pyrrole nitrogens is 1. The molecule has 0 spiro atoms. The molecule has 3 aromatic rings. The first-order valence-electron chi connectivity index (χ1n) is 6.46. The number of nitrogens with one attached hydrogen (secondary N) is 1. The second-order valence-corrected chi connectivity index (χ2v) is 7.47. The molecule has 0 atom stereocenters. The Bertz CT molecular complexity index is 1190. The third kappa shape index (κ3) is 3.39. The zero-order chi connectivity index (χ0) is 18.2. The van der Waals surface area contributed by atoms with Crippen LogP contribution in [0.2, 0.25) is 0 Å². The standard InChI is InChI=1S/C12H9N5O6S2/c18-24(19,20)10-3-1-2-8-7(10)4-5-9(11(8)25(21,22)23)15-17-12-13-6-14-16-12/h1-6H,(H,13,14,16)(H,18,19,20)(H,21,22,23). The number of benzene rings is 2. The van der Waals surface area contributed by atoms with Crippen LogP contribution < -0.4 is 0 Å². The molecular formula is C12H9N5O6S2. The SMILES string of the molecule is O=S(=O)(O)c1cccc2c(S(=O)(=O)O)c(N=Nc3ncn[nH]3)ccc12. The Hall–Kier alpha value is -2.74. The Labute approximate surface area is 140 Å². The fourth-order valence-electron chi connectivity index (χ4n) is 2.21. The van der Waals surface area contributed by atoms with Crippen LogP contribution in [0.15, 0.2) is 56.7 Å². The minimum atomic E-state index is -4.79. The van der Waals surface area contributed by atoms with Crippen molar-refractivity contribution >= 4 is 42.6 Å². The molecule has 0 saturated carbocycles. The normalized spacial score (nSPS) is 12.9. The zero-order valence-electron chi connectivity index (χ0n) is 12.1. The van der Waals surface area contributed by atoms with E-state index in [1.165, 1.54) is 18.2 Å². The van der Waals surface area contributed by atoms with Crippen LogP contribution in [0.5, 0.6) is 0 Å². The first-order valence-corrected chi connectivity index (χ1v) is 9.34. The Balaban J connectivity index is 2.34. The van der Waals surface area contributed by atoms with E-state index in [0.717, 1.165) is 18.5 Å². The minimum absolute atomic E-state index is 0.00642. The average Bonchev–Trinajstić information content (AvgIpc) is 3.03. The van der Waals surface area contributed by atoms with Gasteiger partial charge < -0.3 is 0 Å². The third-order valence-corrected chi connectivity index (χ3v) is 5.00. The summed E-state index contributed by atoms with van der Waals surface area (Å²) in [6, 6.07) is 5.96. The van der Waals surface area contributed by atoms with Crippen LogP contribution in [0.1, 0.15) is 0 Å². The fraction of sp³-hybridized carbons (Fsp3) is 0. The average molecular weight is 383 g/mol. The minimum Gasteiger partial charge on any atom is -0.282 e. The molecule has 0 bridgehead atoms. The van der Waals surface area contributed by atoms with Gasteiger partial charge in [0.2, 0.25) is 0 Å². The summed E-state index contributed by atoms with van der Waals surface area (Å²) >= 11 is 0. The molecule has 0 amide bonds. The molecule has 0 unspecified atom stereocenters. The van der Waals surface area contributed by atoms with Gasteiger partial charge in [-0.1, -0.05) is 18.2 Å². The van der Waals surface area contributed by atoms with Gasteiger partial charge in [0.05, 0.1) is 0 Å². The van der Waals surface area contributed by atoms with Gasteiger partial charge in [0.1, 0.15) is 21.8 Å². The van der Waals surface area contributed by atoms with Crippen LogP contribution in [-0.4, -0.2) is 41.1 Å². The zero-order valence-corrected chi connectivity index (χ0v) is 13.7. The molecular weight excluding hydrogens is 374 g/mol. The molecule has 25 heavy (non-hydrogen) atoms. The topological polar surface area (TPSA) is 175 Å². The van der Waals surface area contributed by atoms with Gasteiger partial charge in [-0.2, -0.15) is 26.9 Å². The van der Waals surface area contributed by atoms with Crippen molar-refractivity contribution < 1.29 is 25.9 Å². The van der Waals surface area contributed by atoms with Crippen LogP contribution in [0.3, 0.4) is 0 Å². The van der Waals surface area contributed by atoms with Crippen molar-refractivity contribution in [1.29, 1.82) is 0 Å². The Morgan fingerprint density at radius 2 is 1.68 bits per heavy atom. The number of aromatic amines is 1.